The second-order valence-corrected chi connectivity index (χ2v) is 4.95. The van der Waals surface area contributed by atoms with Crippen molar-refractivity contribution in [3.05, 3.63) is 35.6 Å². The van der Waals surface area contributed by atoms with Crippen molar-refractivity contribution >= 4 is 5.91 Å². The number of carbonyl (C=O) groups excluding carboxylic acids is 1. The minimum Gasteiger partial charge on any atom is -0.493 e. The van der Waals surface area contributed by atoms with Gasteiger partial charge >= 0.3 is 0 Å². The van der Waals surface area contributed by atoms with Gasteiger partial charge in [-0.05, 0) is 23.8 Å². The maximum atomic E-state index is 12.0. The highest BCUT2D eigenvalue weighted by Crippen LogP contribution is 2.30. The number of aromatic nitrogens is 1. The van der Waals surface area contributed by atoms with Crippen LogP contribution >= 0.6 is 0 Å². The van der Waals surface area contributed by atoms with Crippen molar-refractivity contribution in [1.82, 2.24) is 10.1 Å². The first kappa shape index (κ1) is 13.6. The van der Waals surface area contributed by atoms with Crippen molar-refractivity contribution < 1.29 is 19.2 Å². The smallest absolute Gasteiger partial charge is 0.292 e. The number of nitrogens with zero attached hydrogens (tertiary/aromatic N) is 2. The molecule has 2 aromatic rings. The van der Waals surface area contributed by atoms with Crippen molar-refractivity contribution in [2.24, 2.45) is 0 Å². The van der Waals surface area contributed by atoms with E-state index in [1.54, 1.807) is 13.1 Å². The number of rotatable bonds is 4. The van der Waals surface area contributed by atoms with Crippen molar-refractivity contribution in [1.29, 1.82) is 0 Å². The molecule has 0 spiro atoms. The van der Waals surface area contributed by atoms with Gasteiger partial charge in [-0.1, -0.05) is 5.16 Å². The number of aliphatic hydroxyl groups is 1. The Kier molecular flexibility index (Phi) is 3.62. The summed E-state index contributed by atoms with van der Waals surface area (Å²) >= 11 is 0. The zero-order chi connectivity index (χ0) is 14.8. The summed E-state index contributed by atoms with van der Waals surface area (Å²) in [7, 11) is 1.60. The Labute approximate surface area is 121 Å². The van der Waals surface area contributed by atoms with Gasteiger partial charge in [0, 0.05) is 31.6 Å². The van der Waals surface area contributed by atoms with Crippen LogP contribution in [-0.4, -0.2) is 47.9 Å². The van der Waals surface area contributed by atoms with Crippen LogP contribution in [0.4, 0.5) is 0 Å². The average molecular weight is 288 g/mol. The Morgan fingerprint density at radius 2 is 2.29 bits per heavy atom. The molecule has 0 atom stereocenters. The van der Waals surface area contributed by atoms with E-state index in [4.69, 9.17) is 14.4 Å². The van der Waals surface area contributed by atoms with Crippen molar-refractivity contribution in [2.75, 3.05) is 26.8 Å². The molecule has 0 unspecified atom stereocenters. The topological polar surface area (TPSA) is 75.8 Å². The third-order valence-electron chi connectivity index (χ3n) is 3.49. The molecule has 0 saturated heterocycles. The van der Waals surface area contributed by atoms with E-state index in [0.717, 1.165) is 23.3 Å². The molecule has 1 aromatic carbocycles. The maximum Gasteiger partial charge on any atom is 0.292 e. The van der Waals surface area contributed by atoms with Gasteiger partial charge in [0.15, 0.2) is 0 Å². The lowest BCUT2D eigenvalue weighted by atomic mass is 10.1. The quantitative estimate of drug-likeness (QED) is 0.919. The van der Waals surface area contributed by atoms with E-state index >= 15 is 0 Å². The van der Waals surface area contributed by atoms with Crippen LogP contribution < -0.4 is 4.74 Å². The first-order valence-corrected chi connectivity index (χ1v) is 6.78. The highest BCUT2D eigenvalue weighted by Gasteiger charge is 2.19. The van der Waals surface area contributed by atoms with Gasteiger partial charge < -0.3 is 19.3 Å². The number of carbonyl (C=O) groups is 1. The summed E-state index contributed by atoms with van der Waals surface area (Å²) in [5.74, 6) is 0.770. The molecular formula is C15H16N2O4. The molecule has 0 aliphatic carbocycles. The molecule has 21 heavy (non-hydrogen) atoms. The van der Waals surface area contributed by atoms with Crippen LogP contribution in [0.2, 0.25) is 0 Å². The fourth-order valence-electron chi connectivity index (χ4n) is 2.30. The largest absolute Gasteiger partial charge is 0.493 e. The molecule has 1 aliphatic heterocycles. The molecule has 1 aromatic heterocycles. The van der Waals surface area contributed by atoms with Gasteiger partial charge in [-0.2, -0.15) is 0 Å². The zero-order valence-corrected chi connectivity index (χ0v) is 11.7. The van der Waals surface area contributed by atoms with Gasteiger partial charge in [0.25, 0.3) is 5.91 Å². The molecule has 3 rings (SSSR count). The highest BCUT2D eigenvalue weighted by molar-refractivity contribution is 5.92. The Bertz CT molecular complexity index is 665. The maximum absolute atomic E-state index is 12.0. The Morgan fingerprint density at radius 1 is 1.43 bits per heavy atom. The number of ether oxygens (including phenoxy) is 1. The SMILES string of the molecule is CN(CCO)C(=O)c1cc(-c2ccc3c(c2)CCO3)no1. The molecule has 6 nitrogen and oxygen atoms in total. The molecule has 1 amide bonds. The van der Waals surface area contributed by atoms with E-state index in [2.05, 4.69) is 5.16 Å². The number of hydrogen-bond donors (Lipinski definition) is 1. The Morgan fingerprint density at radius 3 is 3.10 bits per heavy atom. The first-order valence-electron chi connectivity index (χ1n) is 6.78. The van der Waals surface area contributed by atoms with Gasteiger partial charge in [-0.3, -0.25) is 4.79 Å². The third-order valence-corrected chi connectivity index (χ3v) is 3.49. The lowest BCUT2D eigenvalue weighted by Crippen LogP contribution is -2.29. The van der Waals surface area contributed by atoms with Crippen LogP contribution in [0.1, 0.15) is 16.1 Å². The summed E-state index contributed by atoms with van der Waals surface area (Å²) in [4.78, 5) is 13.4. The molecular weight excluding hydrogens is 272 g/mol. The van der Waals surface area contributed by atoms with E-state index in [0.29, 0.717) is 12.3 Å². The average Bonchev–Trinajstić information content (AvgIpc) is 3.14. The molecule has 0 saturated carbocycles. The van der Waals surface area contributed by atoms with E-state index in [9.17, 15) is 4.79 Å². The lowest BCUT2D eigenvalue weighted by molar-refractivity contribution is 0.0726. The molecule has 1 aliphatic rings. The van der Waals surface area contributed by atoms with E-state index < -0.39 is 0 Å². The summed E-state index contributed by atoms with van der Waals surface area (Å²) in [5, 5.41) is 12.8. The standard InChI is InChI=1S/C15H16N2O4/c1-17(5-6-18)15(19)14-9-12(16-21-14)10-2-3-13-11(8-10)4-7-20-13/h2-3,8-9,18H,4-7H2,1H3. The highest BCUT2D eigenvalue weighted by atomic mass is 16.5. The number of fused-ring (bicyclic) bond motifs is 1. The number of amides is 1. The summed E-state index contributed by atoms with van der Waals surface area (Å²) in [6.45, 7) is 0.867. The fraction of sp³-hybridized carbons (Fsp3) is 0.333. The van der Waals surface area contributed by atoms with E-state index in [1.807, 2.05) is 18.2 Å². The number of likely N-dealkylation sites (N-methyl/N-ethyl adjacent to an activating group) is 1. The fourth-order valence-corrected chi connectivity index (χ4v) is 2.30. The molecule has 0 radical (unpaired) electrons. The lowest BCUT2D eigenvalue weighted by Gasteiger charge is -2.12. The Hall–Kier alpha value is -2.34. The Balaban J connectivity index is 1.83. The molecule has 2 heterocycles. The van der Waals surface area contributed by atoms with Crippen LogP contribution in [-0.2, 0) is 6.42 Å². The summed E-state index contributed by atoms with van der Waals surface area (Å²) in [6, 6.07) is 7.43. The first-order chi connectivity index (χ1) is 10.2. The van der Waals surface area contributed by atoms with E-state index in [-0.39, 0.29) is 24.8 Å². The predicted molar refractivity (Wildman–Crippen MR) is 75.2 cm³/mol. The van der Waals surface area contributed by atoms with Gasteiger partial charge in [0.05, 0.1) is 13.2 Å². The predicted octanol–water partition coefficient (Wildman–Crippen LogP) is 1.34. The van der Waals surface area contributed by atoms with Gasteiger partial charge in [-0.15, -0.1) is 0 Å². The molecule has 6 heteroatoms. The van der Waals surface area contributed by atoms with Crippen LogP contribution in [0, 0.1) is 0 Å². The van der Waals surface area contributed by atoms with Crippen molar-refractivity contribution in [3.63, 3.8) is 0 Å². The van der Waals surface area contributed by atoms with Crippen molar-refractivity contribution in [2.45, 2.75) is 6.42 Å². The van der Waals surface area contributed by atoms with Gasteiger partial charge in [-0.25, -0.2) is 0 Å². The number of hydrogen-bond acceptors (Lipinski definition) is 5. The monoisotopic (exact) mass is 288 g/mol. The summed E-state index contributed by atoms with van der Waals surface area (Å²) in [5.41, 5.74) is 2.65. The summed E-state index contributed by atoms with van der Waals surface area (Å²) in [6.07, 6.45) is 0.881. The van der Waals surface area contributed by atoms with Crippen LogP contribution in [0.3, 0.4) is 0 Å². The zero-order valence-electron chi connectivity index (χ0n) is 11.7. The minimum atomic E-state index is -0.299. The second kappa shape index (κ2) is 5.57. The van der Waals surface area contributed by atoms with E-state index in [1.165, 1.54) is 4.90 Å². The molecule has 0 fully saturated rings. The molecule has 1 N–H and O–H groups in total. The summed E-state index contributed by atoms with van der Waals surface area (Å²) < 4.78 is 10.6. The third kappa shape index (κ3) is 2.62. The van der Waals surface area contributed by atoms with Gasteiger partial charge in [0.2, 0.25) is 5.76 Å². The normalized spacial score (nSPS) is 12.9. The van der Waals surface area contributed by atoms with Crippen molar-refractivity contribution in [3.8, 4) is 17.0 Å². The van der Waals surface area contributed by atoms with Crippen LogP contribution in [0.5, 0.6) is 5.75 Å². The number of aliphatic hydroxyl groups excluding tert-OH is 1. The second-order valence-electron chi connectivity index (χ2n) is 4.95. The minimum absolute atomic E-state index is 0.0892. The molecule has 110 valence electrons. The van der Waals surface area contributed by atoms with Gasteiger partial charge in [0.1, 0.15) is 11.4 Å². The van der Waals surface area contributed by atoms with Crippen LogP contribution in [0.25, 0.3) is 11.3 Å². The number of benzene rings is 1. The van der Waals surface area contributed by atoms with Crippen LogP contribution in [0.15, 0.2) is 28.8 Å². The molecule has 0 bridgehead atoms.